The number of nitrogens with one attached hydrogen (secondary N) is 2. The third kappa shape index (κ3) is 3.92. The van der Waals surface area contributed by atoms with Crippen LogP contribution in [0.25, 0.3) is 11.0 Å². The molecule has 0 bridgehead atoms. The van der Waals surface area contributed by atoms with Crippen LogP contribution < -0.4 is 10.6 Å². The molecule has 0 aliphatic heterocycles. The smallest absolute Gasteiger partial charge is 0.335 e. The highest BCUT2D eigenvalue weighted by molar-refractivity contribution is 6.05. The third-order valence-electron chi connectivity index (χ3n) is 7.39. The lowest BCUT2D eigenvalue weighted by atomic mass is 10.0. The van der Waals surface area contributed by atoms with E-state index in [0.29, 0.717) is 29.7 Å². The zero-order chi connectivity index (χ0) is 26.6. The Morgan fingerprint density at radius 1 is 0.895 bits per heavy atom. The van der Waals surface area contributed by atoms with E-state index in [1.807, 2.05) is 6.07 Å². The number of hydrogen-bond acceptors (Lipinski definition) is 7. The van der Waals surface area contributed by atoms with E-state index >= 15 is 0 Å². The van der Waals surface area contributed by atoms with E-state index in [-0.39, 0.29) is 34.8 Å². The van der Waals surface area contributed by atoms with Gasteiger partial charge in [-0.25, -0.2) is 19.6 Å². The first-order valence-electron chi connectivity index (χ1n) is 12.3. The van der Waals surface area contributed by atoms with Gasteiger partial charge in [-0.15, -0.1) is 0 Å². The normalized spacial score (nSPS) is 17.7. The highest BCUT2D eigenvalue weighted by Gasteiger charge is 2.29. The molecule has 2 heterocycles. The number of carbonyl (C=O) groups is 3. The second kappa shape index (κ2) is 8.94. The van der Waals surface area contributed by atoms with Gasteiger partial charge in [0.05, 0.1) is 23.2 Å². The lowest BCUT2D eigenvalue weighted by molar-refractivity contribution is 0.0686. The lowest BCUT2D eigenvalue weighted by Crippen LogP contribution is -2.28. The Kier molecular flexibility index (Phi) is 5.55. The molecule has 192 valence electrons. The number of carboxylic acids is 2. The van der Waals surface area contributed by atoms with Crippen LogP contribution in [0.3, 0.4) is 0 Å². The molecule has 0 saturated carbocycles. The Bertz CT molecular complexity index is 1640. The molecule has 11 heteroatoms. The molecule has 2 aromatic heterocycles. The van der Waals surface area contributed by atoms with Crippen molar-refractivity contribution in [2.75, 3.05) is 5.32 Å². The van der Waals surface area contributed by atoms with E-state index in [2.05, 4.69) is 25.7 Å². The van der Waals surface area contributed by atoms with Crippen LogP contribution in [-0.2, 0) is 19.9 Å². The van der Waals surface area contributed by atoms with Crippen molar-refractivity contribution in [2.24, 2.45) is 7.05 Å². The van der Waals surface area contributed by atoms with Gasteiger partial charge in [0.2, 0.25) is 0 Å². The summed E-state index contributed by atoms with van der Waals surface area (Å²) in [5.74, 6) is -1.77. The van der Waals surface area contributed by atoms with Crippen molar-refractivity contribution in [1.82, 2.24) is 25.1 Å². The molecule has 2 aliphatic rings. The maximum absolute atomic E-state index is 13.4. The van der Waals surface area contributed by atoms with Crippen LogP contribution in [0, 0.1) is 0 Å². The van der Waals surface area contributed by atoms with E-state index in [4.69, 9.17) is 0 Å². The third-order valence-corrected chi connectivity index (χ3v) is 7.39. The highest BCUT2D eigenvalue weighted by Crippen LogP contribution is 2.36. The first-order valence-corrected chi connectivity index (χ1v) is 12.3. The summed E-state index contributed by atoms with van der Waals surface area (Å²) in [4.78, 5) is 44.6. The Hall–Kier alpha value is -4.80. The largest absolute Gasteiger partial charge is 0.478 e. The minimum atomic E-state index is -0.976. The van der Waals surface area contributed by atoms with Gasteiger partial charge in [0, 0.05) is 7.05 Å². The molecule has 38 heavy (non-hydrogen) atoms. The molecule has 1 unspecified atom stereocenters. The van der Waals surface area contributed by atoms with Crippen LogP contribution in [0.5, 0.6) is 0 Å². The predicted molar refractivity (Wildman–Crippen MR) is 136 cm³/mol. The number of carbonyl (C=O) groups excluding carboxylic acids is 1. The van der Waals surface area contributed by atoms with Crippen LogP contribution >= 0.6 is 0 Å². The topological polar surface area (TPSA) is 159 Å². The number of aryl methyl sites for hydroxylation is 3. The maximum Gasteiger partial charge on any atom is 0.335 e. The molecule has 0 spiro atoms. The van der Waals surface area contributed by atoms with Crippen LogP contribution in [0.4, 0.5) is 5.82 Å². The minimum Gasteiger partial charge on any atom is -0.478 e. The van der Waals surface area contributed by atoms with Crippen molar-refractivity contribution in [2.45, 2.75) is 37.8 Å². The number of hydrogen-bond donors (Lipinski definition) is 4. The SMILES string of the molecule is Cn1nc(NC2CCc3cc(C(=O)O)ccc32)c2ncnc(C(=O)N[C@H]3CCc4cc(C(=O)O)ccc43)c21. The molecule has 0 saturated heterocycles. The Balaban J connectivity index is 1.26. The van der Waals surface area contributed by atoms with Gasteiger partial charge in [0.1, 0.15) is 17.4 Å². The summed E-state index contributed by atoms with van der Waals surface area (Å²) >= 11 is 0. The van der Waals surface area contributed by atoms with Gasteiger partial charge in [-0.1, -0.05) is 12.1 Å². The second-order valence-corrected chi connectivity index (χ2v) is 9.63. The molecular formula is C27H24N6O5. The first kappa shape index (κ1) is 23.6. The second-order valence-electron chi connectivity index (χ2n) is 9.63. The fourth-order valence-corrected chi connectivity index (χ4v) is 5.56. The van der Waals surface area contributed by atoms with Crippen LogP contribution in [0.15, 0.2) is 42.7 Å². The molecule has 2 atom stereocenters. The van der Waals surface area contributed by atoms with Crippen LogP contribution in [0.1, 0.15) is 78.4 Å². The summed E-state index contributed by atoms with van der Waals surface area (Å²) in [6.45, 7) is 0. The monoisotopic (exact) mass is 512 g/mol. The fourth-order valence-electron chi connectivity index (χ4n) is 5.56. The highest BCUT2D eigenvalue weighted by atomic mass is 16.4. The van der Waals surface area contributed by atoms with Gasteiger partial charge >= 0.3 is 11.9 Å². The van der Waals surface area contributed by atoms with Gasteiger partial charge in [-0.2, -0.15) is 5.10 Å². The lowest BCUT2D eigenvalue weighted by Gasteiger charge is -2.15. The number of benzene rings is 2. The zero-order valence-electron chi connectivity index (χ0n) is 20.4. The molecule has 0 radical (unpaired) electrons. The van der Waals surface area contributed by atoms with Gasteiger partial charge in [0.15, 0.2) is 11.5 Å². The fraction of sp³-hybridized carbons (Fsp3) is 0.259. The number of anilines is 1. The number of aromatic carboxylic acids is 2. The molecular weight excluding hydrogens is 488 g/mol. The van der Waals surface area contributed by atoms with Crippen LogP contribution in [-0.4, -0.2) is 47.8 Å². The molecule has 6 rings (SSSR count). The van der Waals surface area contributed by atoms with E-state index in [1.165, 1.54) is 6.33 Å². The molecule has 4 aromatic rings. The van der Waals surface area contributed by atoms with Crippen molar-refractivity contribution < 1.29 is 24.6 Å². The number of rotatable bonds is 6. The van der Waals surface area contributed by atoms with E-state index in [1.54, 1.807) is 42.1 Å². The molecule has 11 nitrogen and oxygen atoms in total. The summed E-state index contributed by atoms with van der Waals surface area (Å²) < 4.78 is 1.58. The quantitative estimate of drug-likeness (QED) is 0.304. The minimum absolute atomic E-state index is 0.0659. The number of aromatic nitrogens is 4. The van der Waals surface area contributed by atoms with Crippen molar-refractivity contribution in [3.8, 4) is 0 Å². The summed E-state index contributed by atoms with van der Waals surface area (Å²) in [6, 6.07) is 9.81. The summed E-state index contributed by atoms with van der Waals surface area (Å²) in [6.07, 6.45) is 4.21. The average Bonchev–Trinajstić information content (AvgIpc) is 3.59. The van der Waals surface area contributed by atoms with Crippen molar-refractivity contribution in [3.63, 3.8) is 0 Å². The van der Waals surface area contributed by atoms with Crippen molar-refractivity contribution in [3.05, 3.63) is 81.8 Å². The van der Waals surface area contributed by atoms with E-state index in [0.717, 1.165) is 35.1 Å². The molecule has 0 fully saturated rings. The standard InChI is InChI=1S/C27H24N6O5/c1-33-23-21(24(32-33)30-19-8-4-13-10-15(26(35)36)2-6-17(13)19)28-12-29-22(23)25(34)31-20-9-5-14-11-16(27(37)38)3-7-18(14)20/h2-3,6-7,10-12,19-20H,4-5,8-9H2,1H3,(H,30,32)(H,31,34)(H,35,36)(H,37,38)/t19?,20-/m0/s1. The summed E-state index contributed by atoms with van der Waals surface area (Å²) in [5.41, 5.74) is 5.54. The predicted octanol–water partition coefficient (Wildman–Crippen LogP) is 3.28. The van der Waals surface area contributed by atoms with Crippen LogP contribution in [0.2, 0.25) is 0 Å². The summed E-state index contributed by atoms with van der Waals surface area (Å²) in [5, 5.41) is 29.6. The Labute approximate surface area is 216 Å². The van der Waals surface area contributed by atoms with Gasteiger partial charge in [-0.3, -0.25) is 9.48 Å². The summed E-state index contributed by atoms with van der Waals surface area (Å²) in [7, 11) is 1.73. The Morgan fingerprint density at radius 2 is 1.50 bits per heavy atom. The number of amides is 1. The van der Waals surface area contributed by atoms with E-state index < -0.39 is 11.9 Å². The molecule has 1 amide bonds. The zero-order valence-corrected chi connectivity index (χ0v) is 20.4. The Morgan fingerprint density at radius 3 is 2.13 bits per heavy atom. The van der Waals surface area contributed by atoms with Gasteiger partial charge in [-0.05, 0) is 72.2 Å². The van der Waals surface area contributed by atoms with E-state index in [9.17, 15) is 24.6 Å². The first-order chi connectivity index (χ1) is 18.3. The maximum atomic E-state index is 13.4. The van der Waals surface area contributed by atoms with Gasteiger partial charge < -0.3 is 20.8 Å². The molecule has 4 N–H and O–H groups in total. The number of nitrogens with zero attached hydrogens (tertiary/aromatic N) is 4. The number of fused-ring (bicyclic) bond motifs is 3. The molecule has 2 aliphatic carbocycles. The average molecular weight is 513 g/mol. The van der Waals surface area contributed by atoms with Crippen molar-refractivity contribution >= 4 is 34.7 Å². The van der Waals surface area contributed by atoms with Crippen molar-refractivity contribution in [1.29, 1.82) is 0 Å². The van der Waals surface area contributed by atoms with Gasteiger partial charge in [0.25, 0.3) is 5.91 Å². The number of carboxylic acid groups (broad SMARTS) is 2. The molecule has 2 aromatic carbocycles.